The van der Waals surface area contributed by atoms with E-state index >= 15 is 0 Å². The fourth-order valence-corrected chi connectivity index (χ4v) is 4.15. The zero-order valence-corrected chi connectivity index (χ0v) is 17.8. The van der Waals surface area contributed by atoms with Gasteiger partial charge in [0.15, 0.2) is 0 Å². The first-order chi connectivity index (χ1) is 14.8. The van der Waals surface area contributed by atoms with Crippen LogP contribution in [0.15, 0.2) is 66.7 Å². The van der Waals surface area contributed by atoms with E-state index in [0.29, 0.717) is 5.56 Å². The van der Waals surface area contributed by atoms with Crippen molar-refractivity contribution >= 4 is 23.0 Å². The molecule has 0 aromatic heterocycles. The molecule has 0 spiro atoms. The number of anilines is 2. The van der Waals surface area contributed by atoms with Gasteiger partial charge in [0.1, 0.15) is 0 Å². The maximum atomic E-state index is 13.4. The largest absolute Gasteiger partial charge is 0.378 e. The number of hydrogen-bond donors (Lipinski definition) is 1. The van der Waals surface area contributed by atoms with Gasteiger partial charge in [-0.2, -0.15) is 0 Å². The lowest BCUT2D eigenvalue weighted by Gasteiger charge is -2.40. The average molecular weight is 415 g/mol. The zero-order valence-electron chi connectivity index (χ0n) is 17.8. The number of amides is 1. The number of benzene rings is 3. The van der Waals surface area contributed by atoms with Crippen LogP contribution in [0.1, 0.15) is 46.4 Å². The van der Waals surface area contributed by atoms with Gasteiger partial charge in [0.2, 0.25) is 0 Å². The molecule has 1 heterocycles. The van der Waals surface area contributed by atoms with E-state index in [2.05, 4.69) is 42.6 Å². The molecule has 0 unspecified atom stereocenters. The molecule has 6 nitrogen and oxygen atoms in total. The van der Waals surface area contributed by atoms with Crippen molar-refractivity contribution in [1.82, 2.24) is 0 Å². The molecule has 1 aliphatic rings. The van der Waals surface area contributed by atoms with Crippen LogP contribution in [0.4, 0.5) is 17.1 Å². The third kappa shape index (κ3) is 4.14. The van der Waals surface area contributed by atoms with Crippen LogP contribution in [0.25, 0.3) is 0 Å². The second-order valence-corrected chi connectivity index (χ2v) is 8.19. The number of rotatable bonds is 4. The van der Waals surface area contributed by atoms with Gasteiger partial charge < -0.3 is 10.2 Å². The third-order valence-corrected chi connectivity index (χ3v) is 5.77. The smallest absolute Gasteiger partial charge is 0.269 e. The normalized spacial score (nSPS) is 17.7. The van der Waals surface area contributed by atoms with Crippen LogP contribution in [0.5, 0.6) is 0 Å². The van der Waals surface area contributed by atoms with Crippen LogP contribution >= 0.6 is 0 Å². The van der Waals surface area contributed by atoms with Crippen LogP contribution in [0.3, 0.4) is 0 Å². The highest BCUT2D eigenvalue weighted by molar-refractivity contribution is 6.07. The van der Waals surface area contributed by atoms with Crippen molar-refractivity contribution in [2.45, 2.75) is 39.3 Å². The molecule has 3 aromatic rings. The first-order valence-electron chi connectivity index (χ1n) is 10.4. The van der Waals surface area contributed by atoms with E-state index in [0.717, 1.165) is 28.9 Å². The second kappa shape index (κ2) is 8.22. The van der Waals surface area contributed by atoms with Crippen LogP contribution in [0, 0.1) is 24.0 Å². The number of nitro groups is 1. The van der Waals surface area contributed by atoms with E-state index in [1.165, 1.54) is 29.8 Å². The molecule has 3 aromatic carbocycles. The maximum absolute atomic E-state index is 13.4. The lowest BCUT2D eigenvalue weighted by molar-refractivity contribution is -0.384. The van der Waals surface area contributed by atoms with Crippen molar-refractivity contribution in [3.8, 4) is 0 Å². The van der Waals surface area contributed by atoms with Crippen LogP contribution in [-0.2, 0) is 0 Å². The Balaban J connectivity index is 1.68. The lowest BCUT2D eigenvalue weighted by Crippen LogP contribution is -2.44. The number of carbonyl (C=O) groups excluding carboxylic acids is 1. The van der Waals surface area contributed by atoms with Gasteiger partial charge in [-0.3, -0.25) is 14.9 Å². The molecule has 0 saturated carbocycles. The number of fused-ring (bicyclic) bond motifs is 1. The SMILES string of the molecule is Cc1ccc(N[C@@H]2C[C@H](C)N(C(=O)c3ccc([N+](=O)[O-])cc3)c3ccc(C)cc32)cc1. The Morgan fingerprint density at radius 1 is 1.00 bits per heavy atom. The van der Waals surface area contributed by atoms with Crippen LogP contribution in [-0.4, -0.2) is 16.9 Å². The fourth-order valence-electron chi connectivity index (χ4n) is 4.15. The van der Waals surface area contributed by atoms with Crippen molar-refractivity contribution in [1.29, 1.82) is 0 Å². The fraction of sp³-hybridized carbons (Fsp3) is 0.240. The molecular weight excluding hydrogens is 390 g/mol. The molecule has 1 aliphatic heterocycles. The monoisotopic (exact) mass is 415 g/mol. The lowest BCUT2D eigenvalue weighted by atomic mass is 9.89. The first kappa shape index (κ1) is 20.6. The molecule has 0 bridgehead atoms. The van der Waals surface area contributed by atoms with Crippen molar-refractivity contribution < 1.29 is 9.72 Å². The number of carbonyl (C=O) groups is 1. The molecule has 31 heavy (non-hydrogen) atoms. The summed E-state index contributed by atoms with van der Waals surface area (Å²) in [6.07, 6.45) is 0.753. The van der Waals surface area contributed by atoms with Crippen molar-refractivity contribution in [3.63, 3.8) is 0 Å². The van der Waals surface area contributed by atoms with E-state index in [-0.39, 0.29) is 23.7 Å². The predicted molar refractivity (Wildman–Crippen MR) is 123 cm³/mol. The standard InChI is InChI=1S/C25H25N3O3/c1-16-4-9-20(10-5-16)26-23-15-18(3)27(24-13-6-17(2)14-22(23)24)25(29)19-7-11-21(12-8-19)28(30)31/h4-14,18,23,26H,15H2,1-3H3/t18-,23+/m0/s1. The summed E-state index contributed by atoms with van der Waals surface area (Å²) in [5, 5.41) is 14.6. The van der Waals surface area contributed by atoms with Gasteiger partial charge in [-0.25, -0.2) is 0 Å². The number of non-ortho nitro benzene ring substituents is 1. The van der Waals surface area contributed by atoms with Gasteiger partial charge in [0.05, 0.1) is 11.0 Å². The van der Waals surface area contributed by atoms with E-state index in [9.17, 15) is 14.9 Å². The van der Waals surface area contributed by atoms with Crippen LogP contribution < -0.4 is 10.2 Å². The van der Waals surface area contributed by atoms with Gasteiger partial charge in [-0.15, -0.1) is 0 Å². The Morgan fingerprint density at radius 2 is 1.65 bits per heavy atom. The first-order valence-corrected chi connectivity index (χ1v) is 10.4. The molecule has 0 radical (unpaired) electrons. The highest BCUT2D eigenvalue weighted by Crippen LogP contribution is 2.40. The molecule has 1 N–H and O–H groups in total. The molecular formula is C25H25N3O3. The van der Waals surface area contributed by atoms with Crippen molar-refractivity contribution in [3.05, 3.63) is 99.1 Å². The quantitative estimate of drug-likeness (QED) is 0.431. The van der Waals surface area contributed by atoms with E-state index < -0.39 is 4.92 Å². The number of nitrogens with zero attached hydrogens (tertiary/aromatic N) is 2. The molecule has 0 saturated heterocycles. The summed E-state index contributed by atoms with van der Waals surface area (Å²) in [7, 11) is 0. The van der Waals surface area contributed by atoms with Gasteiger partial charge in [-0.05, 0) is 63.1 Å². The third-order valence-electron chi connectivity index (χ3n) is 5.77. The van der Waals surface area contributed by atoms with E-state index in [1.807, 2.05) is 30.9 Å². The van der Waals surface area contributed by atoms with Crippen LogP contribution in [0.2, 0.25) is 0 Å². The summed E-state index contributed by atoms with van der Waals surface area (Å²) in [4.78, 5) is 25.7. The average Bonchev–Trinajstić information content (AvgIpc) is 2.75. The highest BCUT2D eigenvalue weighted by Gasteiger charge is 2.34. The summed E-state index contributed by atoms with van der Waals surface area (Å²) in [5.74, 6) is -0.152. The van der Waals surface area contributed by atoms with E-state index in [4.69, 9.17) is 0 Å². The second-order valence-electron chi connectivity index (χ2n) is 8.19. The summed E-state index contributed by atoms with van der Waals surface area (Å²) >= 11 is 0. The molecule has 2 atom stereocenters. The number of hydrogen-bond acceptors (Lipinski definition) is 4. The molecule has 158 valence electrons. The summed E-state index contributed by atoms with van der Waals surface area (Å²) in [5.41, 5.74) is 5.75. The minimum Gasteiger partial charge on any atom is -0.378 e. The van der Waals surface area contributed by atoms with Gasteiger partial charge >= 0.3 is 0 Å². The molecule has 1 amide bonds. The van der Waals surface area contributed by atoms with Gasteiger partial charge in [0, 0.05) is 35.1 Å². The zero-order chi connectivity index (χ0) is 22.1. The highest BCUT2D eigenvalue weighted by atomic mass is 16.6. The van der Waals surface area contributed by atoms with E-state index in [1.54, 1.807) is 0 Å². The molecule has 0 aliphatic carbocycles. The van der Waals surface area contributed by atoms with Gasteiger partial charge in [0.25, 0.3) is 11.6 Å². The summed E-state index contributed by atoms with van der Waals surface area (Å²) < 4.78 is 0. The van der Waals surface area contributed by atoms with Crippen molar-refractivity contribution in [2.75, 3.05) is 10.2 Å². The number of aryl methyl sites for hydroxylation is 2. The Kier molecular flexibility index (Phi) is 5.46. The Morgan fingerprint density at radius 3 is 2.29 bits per heavy atom. The summed E-state index contributed by atoms with van der Waals surface area (Å²) in [6.45, 7) is 6.15. The minimum atomic E-state index is -0.461. The van der Waals surface area contributed by atoms with Gasteiger partial charge in [-0.1, -0.05) is 35.4 Å². The Hall–Kier alpha value is -3.67. The molecule has 6 heteroatoms. The minimum absolute atomic E-state index is 0.0263. The Labute approximate surface area is 181 Å². The number of nitrogens with one attached hydrogen (secondary N) is 1. The predicted octanol–water partition coefficient (Wildman–Crippen LogP) is 5.80. The van der Waals surface area contributed by atoms with Crippen molar-refractivity contribution in [2.24, 2.45) is 0 Å². The summed E-state index contributed by atoms with van der Waals surface area (Å²) in [6, 6.07) is 20.3. The Bertz CT molecular complexity index is 1120. The topological polar surface area (TPSA) is 75.5 Å². The molecule has 4 rings (SSSR count). The molecule has 0 fully saturated rings. The maximum Gasteiger partial charge on any atom is 0.269 e. The number of nitro benzene ring substituents is 1.